The molecule has 74 valence electrons. The predicted molar refractivity (Wildman–Crippen MR) is 59.1 cm³/mol. The van der Waals surface area contributed by atoms with E-state index in [-0.39, 0.29) is 11.7 Å². The summed E-state index contributed by atoms with van der Waals surface area (Å²) < 4.78 is 0. The van der Waals surface area contributed by atoms with E-state index in [9.17, 15) is 9.82 Å². The zero-order chi connectivity index (χ0) is 10.7. The molecule has 0 heterocycles. The Bertz CT molecular complexity index is 315. The lowest BCUT2D eigenvalue weighted by Gasteiger charge is -2.05. The van der Waals surface area contributed by atoms with Crippen molar-refractivity contribution < 1.29 is 9.82 Å². The summed E-state index contributed by atoms with van der Waals surface area (Å²) in [5, 5.41) is 9.28. The third kappa shape index (κ3) is 2.45. The molecule has 2 nitrogen and oxygen atoms in total. The minimum atomic E-state index is -0.474. The number of rotatable bonds is 3. The Hall–Kier alpha value is -1.09. The van der Waals surface area contributed by atoms with E-state index in [1.807, 2.05) is 13.8 Å². The minimum absolute atomic E-state index is 0.0207. The predicted octanol–water partition coefficient (Wildman–Crippen LogP) is 1.35. The van der Waals surface area contributed by atoms with E-state index in [1.54, 1.807) is 31.1 Å². The maximum absolute atomic E-state index is 11.6. The van der Waals surface area contributed by atoms with Gasteiger partial charge in [-0.05, 0) is 5.46 Å². The summed E-state index contributed by atoms with van der Waals surface area (Å²) in [6.45, 7) is 4.99. The van der Waals surface area contributed by atoms with E-state index in [2.05, 4.69) is 0 Å². The lowest BCUT2D eigenvalue weighted by molar-refractivity contribution is 0.0939. The van der Waals surface area contributed by atoms with Crippen molar-refractivity contribution in [3.05, 3.63) is 29.8 Å². The first-order valence-electron chi connectivity index (χ1n) is 4.84. The summed E-state index contributed by atoms with van der Waals surface area (Å²) in [7, 11) is 0. The topological polar surface area (TPSA) is 37.3 Å². The fourth-order valence-corrected chi connectivity index (χ4v) is 1.26. The van der Waals surface area contributed by atoms with E-state index in [0.29, 0.717) is 5.56 Å². The summed E-state index contributed by atoms with van der Waals surface area (Å²) in [6.07, 6.45) is 0. The summed E-state index contributed by atoms with van der Waals surface area (Å²) in [5.41, 5.74) is 1.55. The molecule has 0 aromatic heterocycles. The lowest BCUT2D eigenvalue weighted by Crippen LogP contribution is -2.26. The van der Waals surface area contributed by atoms with Crippen LogP contribution in [0.3, 0.4) is 0 Å². The van der Waals surface area contributed by atoms with Gasteiger partial charge in [0.15, 0.2) is 5.78 Å². The first-order chi connectivity index (χ1) is 6.52. The van der Waals surface area contributed by atoms with Crippen molar-refractivity contribution in [2.75, 3.05) is 0 Å². The SMILES string of the molecule is CB(O)c1ccc(C(=O)C(C)C)cc1. The molecule has 1 aromatic rings. The van der Waals surface area contributed by atoms with Gasteiger partial charge in [-0.1, -0.05) is 44.9 Å². The van der Waals surface area contributed by atoms with Crippen LogP contribution in [-0.4, -0.2) is 17.7 Å². The highest BCUT2D eigenvalue weighted by Crippen LogP contribution is 2.06. The van der Waals surface area contributed by atoms with Crippen LogP contribution in [0.2, 0.25) is 6.82 Å². The normalized spacial score (nSPS) is 10.4. The molecule has 0 radical (unpaired) electrons. The van der Waals surface area contributed by atoms with Gasteiger partial charge in [0, 0.05) is 11.5 Å². The highest BCUT2D eigenvalue weighted by molar-refractivity contribution is 6.64. The Kier molecular flexibility index (Phi) is 3.47. The van der Waals surface area contributed by atoms with Crippen molar-refractivity contribution >= 4 is 18.2 Å². The largest absolute Gasteiger partial charge is 0.447 e. The van der Waals surface area contributed by atoms with Crippen molar-refractivity contribution in [1.82, 2.24) is 0 Å². The number of hydrogen-bond acceptors (Lipinski definition) is 2. The van der Waals surface area contributed by atoms with E-state index >= 15 is 0 Å². The second-order valence-corrected chi connectivity index (χ2v) is 3.82. The van der Waals surface area contributed by atoms with Crippen molar-refractivity contribution in [3.8, 4) is 0 Å². The maximum Gasteiger partial charge on any atom is 0.320 e. The molecule has 1 N–H and O–H groups in total. The molecule has 14 heavy (non-hydrogen) atoms. The molecule has 0 atom stereocenters. The van der Waals surface area contributed by atoms with E-state index in [4.69, 9.17) is 0 Å². The van der Waals surface area contributed by atoms with Crippen LogP contribution in [0.4, 0.5) is 0 Å². The van der Waals surface area contributed by atoms with Gasteiger partial charge >= 0.3 is 6.92 Å². The van der Waals surface area contributed by atoms with E-state index < -0.39 is 6.92 Å². The van der Waals surface area contributed by atoms with Crippen LogP contribution in [0, 0.1) is 5.92 Å². The van der Waals surface area contributed by atoms with Gasteiger partial charge in [-0.15, -0.1) is 0 Å². The molecule has 0 bridgehead atoms. The minimum Gasteiger partial charge on any atom is -0.447 e. The molecule has 3 heteroatoms. The monoisotopic (exact) mass is 190 g/mol. The molecule has 1 aromatic carbocycles. The number of Topliss-reactive ketones (excluding diaryl/α,β-unsaturated/α-hetero) is 1. The zero-order valence-corrected chi connectivity index (χ0v) is 8.82. The van der Waals surface area contributed by atoms with Gasteiger partial charge in [0.05, 0.1) is 0 Å². The Morgan fingerprint density at radius 3 is 2.14 bits per heavy atom. The van der Waals surface area contributed by atoms with Crippen LogP contribution < -0.4 is 5.46 Å². The lowest BCUT2D eigenvalue weighted by atomic mass is 9.64. The number of hydrogen-bond donors (Lipinski definition) is 1. The summed E-state index contributed by atoms with van der Waals surface area (Å²) in [5.74, 6) is 0.162. The molecule has 0 spiro atoms. The maximum atomic E-state index is 11.6. The molecule has 0 saturated heterocycles. The van der Waals surface area contributed by atoms with Crippen molar-refractivity contribution in [1.29, 1.82) is 0 Å². The van der Waals surface area contributed by atoms with Gasteiger partial charge in [0.25, 0.3) is 0 Å². The third-order valence-electron chi connectivity index (χ3n) is 2.20. The number of benzene rings is 1. The van der Waals surface area contributed by atoms with Crippen molar-refractivity contribution in [3.63, 3.8) is 0 Å². The fourth-order valence-electron chi connectivity index (χ4n) is 1.26. The second kappa shape index (κ2) is 4.42. The highest BCUT2D eigenvalue weighted by atomic mass is 16.2. The third-order valence-corrected chi connectivity index (χ3v) is 2.20. The number of ketones is 1. The standard InChI is InChI=1S/C11H15BO2/c1-8(2)11(13)9-4-6-10(7-5-9)12(3)14/h4-8,14H,1-3H3. The van der Waals surface area contributed by atoms with E-state index in [0.717, 1.165) is 5.46 Å². The molecule has 0 fully saturated rings. The molecule has 0 amide bonds. The summed E-state index contributed by atoms with van der Waals surface area (Å²) in [6, 6.07) is 7.12. The van der Waals surface area contributed by atoms with Gasteiger partial charge in [0.2, 0.25) is 0 Å². The quantitative estimate of drug-likeness (QED) is 0.576. The Morgan fingerprint density at radius 1 is 1.29 bits per heavy atom. The van der Waals surface area contributed by atoms with Crippen LogP contribution >= 0.6 is 0 Å². The first-order valence-corrected chi connectivity index (χ1v) is 4.84. The summed E-state index contributed by atoms with van der Waals surface area (Å²) in [4.78, 5) is 11.6. The average molecular weight is 190 g/mol. The van der Waals surface area contributed by atoms with Crippen LogP contribution in [0.25, 0.3) is 0 Å². The van der Waals surface area contributed by atoms with Crippen LogP contribution in [0.15, 0.2) is 24.3 Å². The van der Waals surface area contributed by atoms with Gasteiger partial charge in [-0.25, -0.2) is 0 Å². The van der Waals surface area contributed by atoms with Crippen molar-refractivity contribution in [2.45, 2.75) is 20.7 Å². The molecule has 0 aliphatic heterocycles. The zero-order valence-electron chi connectivity index (χ0n) is 8.82. The average Bonchev–Trinajstić information content (AvgIpc) is 2.16. The fraction of sp³-hybridized carbons (Fsp3) is 0.364. The van der Waals surface area contributed by atoms with E-state index in [1.165, 1.54) is 0 Å². The molecular formula is C11H15BO2. The molecule has 0 aliphatic carbocycles. The highest BCUT2D eigenvalue weighted by Gasteiger charge is 2.11. The smallest absolute Gasteiger partial charge is 0.320 e. The summed E-state index contributed by atoms with van der Waals surface area (Å²) >= 11 is 0. The Balaban J connectivity index is 2.89. The second-order valence-electron chi connectivity index (χ2n) is 3.82. The molecule has 1 rings (SSSR count). The molecule has 0 saturated carbocycles. The van der Waals surface area contributed by atoms with Crippen LogP contribution in [-0.2, 0) is 0 Å². The number of carbonyl (C=O) groups is 1. The van der Waals surface area contributed by atoms with Crippen molar-refractivity contribution in [2.24, 2.45) is 5.92 Å². The molecule has 0 aliphatic rings. The Morgan fingerprint density at radius 2 is 1.79 bits per heavy atom. The van der Waals surface area contributed by atoms with Gasteiger partial charge in [0.1, 0.15) is 0 Å². The van der Waals surface area contributed by atoms with Crippen LogP contribution in [0.1, 0.15) is 24.2 Å². The van der Waals surface area contributed by atoms with Gasteiger partial charge in [-0.2, -0.15) is 0 Å². The van der Waals surface area contributed by atoms with Crippen LogP contribution in [0.5, 0.6) is 0 Å². The molecule has 0 unspecified atom stereocenters. The van der Waals surface area contributed by atoms with Gasteiger partial charge in [-0.3, -0.25) is 4.79 Å². The Labute approximate surface area is 85.1 Å². The molecular weight excluding hydrogens is 175 g/mol. The first kappa shape index (κ1) is 11.0. The number of carbonyl (C=O) groups excluding carboxylic acids is 1. The van der Waals surface area contributed by atoms with Gasteiger partial charge < -0.3 is 5.02 Å².